The van der Waals surface area contributed by atoms with Crippen LogP contribution in [0.2, 0.25) is 0 Å². The molecule has 9 rings (SSSR count). The van der Waals surface area contributed by atoms with E-state index in [4.69, 9.17) is 15.0 Å². The van der Waals surface area contributed by atoms with Gasteiger partial charge in [-0.1, -0.05) is 103 Å². The quantitative estimate of drug-likeness (QED) is 0.177. The van der Waals surface area contributed by atoms with Gasteiger partial charge in [0, 0.05) is 40.3 Å². The van der Waals surface area contributed by atoms with Gasteiger partial charge in [0.25, 0.3) is 0 Å². The van der Waals surface area contributed by atoms with E-state index >= 15 is 0 Å². The van der Waals surface area contributed by atoms with Gasteiger partial charge in [0.1, 0.15) is 17.5 Å². The summed E-state index contributed by atoms with van der Waals surface area (Å²) in [6.45, 7) is 2.79. The number of para-hydroxylation sites is 7. The molecule has 2 aromatic heterocycles. The molecular formula is C46H36N6. The summed E-state index contributed by atoms with van der Waals surface area (Å²) in [4.78, 5) is 18.3. The van der Waals surface area contributed by atoms with Crippen molar-refractivity contribution in [3.8, 4) is 34.2 Å². The van der Waals surface area contributed by atoms with Gasteiger partial charge in [-0.3, -0.25) is 14.1 Å². The van der Waals surface area contributed by atoms with Crippen LogP contribution in [0.1, 0.15) is 12.5 Å². The number of aliphatic imine (C=N–C) groups is 1. The largest absolute Gasteiger partial charge is 0.322 e. The molecule has 52 heavy (non-hydrogen) atoms. The molecule has 0 amide bonds. The van der Waals surface area contributed by atoms with Gasteiger partial charge in [-0.15, -0.1) is 0 Å². The lowest BCUT2D eigenvalue weighted by Crippen LogP contribution is -2.33. The SMILES string of the molecule is CC1/C=C\C=C/CN(c2ccccc2)/C(c2cc(-c3nc4ccccc4n3-c3ccccc3)cc(-c3nc4ccccc4n3-c3ccccc3)c2)=N\1. The first-order chi connectivity index (χ1) is 25.7. The molecule has 1 atom stereocenters. The molecule has 0 N–H and O–H groups in total. The van der Waals surface area contributed by atoms with Gasteiger partial charge < -0.3 is 4.90 Å². The smallest absolute Gasteiger partial charge is 0.145 e. The maximum absolute atomic E-state index is 5.40. The van der Waals surface area contributed by atoms with Crippen LogP contribution < -0.4 is 4.90 Å². The number of nitrogens with zero attached hydrogens (tertiary/aromatic N) is 6. The lowest BCUT2D eigenvalue weighted by atomic mass is 10.0. The minimum absolute atomic E-state index is 0.0566. The van der Waals surface area contributed by atoms with Crippen molar-refractivity contribution in [2.75, 3.05) is 11.4 Å². The number of amidine groups is 1. The highest BCUT2D eigenvalue weighted by Gasteiger charge is 2.23. The minimum atomic E-state index is -0.0566. The zero-order valence-electron chi connectivity index (χ0n) is 28.8. The Bertz CT molecular complexity index is 2480. The van der Waals surface area contributed by atoms with Crippen molar-refractivity contribution in [1.82, 2.24) is 19.1 Å². The molecule has 6 aromatic carbocycles. The molecule has 0 aliphatic carbocycles. The number of anilines is 1. The van der Waals surface area contributed by atoms with Crippen LogP contribution in [0.5, 0.6) is 0 Å². The molecule has 0 saturated carbocycles. The summed E-state index contributed by atoms with van der Waals surface area (Å²) in [6.07, 6.45) is 8.52. The minimum Gasteiger partial charge on any atom is -0.322 e. The Morgan fingerprint density at radius 1 is 0.500 bits per heavy atom. The molecule has 0 fully saturated rings. The average Bonchev–Trinajstić information content (AvgIpc) is 3.81. The third-order valence-electron chi connectivity index (χ3n) is 9.43. The summed E-state index contributed by atoms with van der Waals surface area (Å²) >= 11 is 0. The number of benzene rings is 6. The second-order valence-corrected chi connectivity index (χ2v) is 12.9. The van der Waals surface area contributed by atoms with Crippen LogP contribution in [-0.4, -0.2) is 37.5 Å². The van der Waals surface area contributed by atoms with Crippen LogP contribution in [0.3, 0.4) is 0 Å². The maximum atomic E-state index is 5.40. The normalized spacial score (nSPS) is 16.9. The Kier molecular flexibility index (Phi) is 8.10. The van der Waals surface area contributed by atoms with Crippen molar-refractivity contribution in [2.45, 2.75) is 13.0 Å². The van der Waals surface area contributed by atoms with Gasteiger partial charge in [-0.25, -0.2) is 9.97 Å². The first kappa shape index (κ1) is 31.2. The summed E-state index contributed by atoms with van der Waals surface area (Å²) in [5.74, 6) is 2.57. The number of aromatic nitrogens is 4. The molecular weight excluding hydrogens is 637 g/mol. The predicted octanol–water partition coefficient (Wildman–Crippen LogP) is 10.5. The standard InChI is InChI=1S/C46H36N6/c1-33-18-6-5-17-29-50(37-19-7-2-8-20-37)44(47-33)34-30-35(45-48-40-25-13-15-27-42(40)51(45)38-21-9-3-10-22-38)32-36(31-34)46-49-41-26-14-16-28-43(41)52(46)39-23-11-4-12-24-39/h2-28,30-33H,29H2,1H3/b17-5-,18-6-,47-44-. The van der Waals surface area contributed by atoms with Gasteiger partial charge in [0.05, 0.1) is 28.1 Å². The highest BCUT2D eigenvalue weighted by Crippen LogP contribution is 2.36. The van der Waals surface area contributed by atoms with Crippen molar-refractivity contribution in [3.05, 3.63) is 188 Å². The second-order valence-electron chi connectivity index (χ2n) is 12.9. The first-order valence-electron chi connectivity index (χ1n) is 17.7. The molecule has 0 spiro atoms. The van der Waals surface area contributed by atoms with Crippen LogP contribution in [0, 0.1) is 0 Å². The van der Waals surface area contributed by atoms with E-state index in [9.17, 15) is 0 Å². The van der Waals surface area contributed by atoms with Gasteiger partial charge in [-0.05, 0) is 85.8 Å². The number of imidazole rings is 2. The first-order valence-corrected chi connectivity index (χ1v) is 17.7. The lowest BCUT2D eigenvalue weighted by molar-refractivity contribution is 0.916. The van der Waals surface area contributed by atoms with Gasteiger partial charge in [0.15, 0.2) is 0 Å². The third kappa shape index (κ3) is 5.80. The van der Waals surface area contributed by atoms with E-state index < -0.39 is 0 Å². The summed E-state index contributed by atoms with van der Waals surface area (Å²) in [7, 11) is 0. The molecule has 3 heterocycles. The number of hydrogen-bond acceptors (Lipinski definition) is 4. The molecule has 8 aromatic rings. The fraction of sp³-hybridized carbons (Fsp3) is 0.0652. The Balaban J connectivity index is 1.36. The van der Waals surface area contributed by atoms with Crippen LogP contribution in [0.4, 0.5) is 5.69 Å². The van der Waals surface area contributed by atoms with E-state index in [1.165, 1.54) is 0 Å². The van der Waals surface area contributed by atoms with Gasteiger partial charge in [-0.2, -0.15) is 0 Å². The fourth-order valence-corrected chi connectivity index (χ4v) is 7.06. The van der Waals surface area contributed by atoms with Crippen LogP contribution in [0.15, 0.2) is 187 Å². The van der Waals surface area contributed by atoms with E-state index in [0.29, 0.717) is 6.54 Å². The van der Waals surface area contributed by atoms with Gasteiger partial charge >= 0.3 is 0 Å². The third-order valence-corrected chi connectivity index (χ3v) is 9.43. The molecule has 250 valence electrons. The van der Waals surface area contributed by atoms with Crippen molar-refractivity contribution >= 4 is 33.6 Å². The number of fused-ring (bicyclic) bond motifs is 2. The van der Waals surface area contributed by atoms with Crippen LogP contribution in [-0.2, 0) is 0 Å². The van der Waals surface area contributed by atoms with E-state index in [1.807, 2.05) is 24.3 Å². The Labute approximate surface area is 303 Å². The number of rotatable bonds is 6. The van der Waals surface area contributed by atoms with E-state index in [-0.39, 0.29) is 6.04 Å². The highest BCUT2D eigenvalue weighted by atomic mass is 15.2. The molecule has 1 unspecified atom stereocenters. The van der Waals surface area contributed by atoms with Gasteiger partial charge in [0.2, 0.25) is 0 Å². The Morgan fingerprint density at radius 2 is 0.962 bits per heavy atom. The molecule has 1 aliphatic heterocycles. The van der Waals surface area contributed by atoms with Crippen molar-refractivity contribution < 1.29 is 0 Å². The van der Waals surface area contributed by atoms with E-state index in [2.05, 4.69) is 179 Å². The van der Waals surface area contributed by atoms with Crippen molar-refractivity contribution in [3.63, 3.8) is 0 Å². The molecule has 6 heteroatoms. The maximum Gasteiger partial charge on any atom is 0.145 e. The zero-order valence-corrected chi connectivity index (χ0v) is 28.8. The molecule has 6 nitrogen and oxygen atoms in total. The average molecular weight is 673 g/mol. The summed E-state index contributed by atoms with van der Waals surface area (Å²) < 4.78 is 4.51. The molecule has 1 aliphatic rings. The predicted molar refractivity (Wildman–Crippen MR) is 215 cm³/mol. The number of hydrogen-bond donors (Lipinski definition) is 0. The number of allylic oxidation sites excluding steroid dienone is 2. The van der Waals surface area contributed by atoms with E-state index in [1.54, 1.807) is 0 Å². The monoisotopic (exact) mass is 672 g/mol. The Hall–Kier alpha value is -6.79. The Morgan fingerprint density at radius 3 is 1.50 bits per heavy atom. The molecule has 0 bridgehead atoms. The zero-order chi connectivity index (χ0) is 34.9. The summed E-state index contributed by atoms with van der Waals surface area (Å²) in [6, 6.07) is 54.8. The molecule has 0 saturated heterocycles. The lowest BCUT2D eigenvalue weighted by Gasteiger charge is -2.27. The van der Waals surface area contributed by atoms with Crippen LogP contribution in [0.25, 0.3) is 56.2 Å². The van der Waals surface area contributed by atoms with Crippen molar-refractivity contribution in [1.29, 1.82) is 0 Å². The topological polar surface area (TPSA) is 51.2 Å². The molecule has 0 radical (unpaired) electrons. The van der Waals surface area contributed by atoms with E-state index in [0.717, 1.165) is 73.3 Å². The van der Waals surface area contributed by atoms with Crippen LogP contribution >= 0.6 is 0 Å². The summed E-state index contributed by atoms with van der Waals surface area (Å²) in [5.41, 5.74) is 10.0. The highest BCUT2D eigenvalue weighted by molar-refractivity contribution is 6.11. The van der Waals surface area contributed by atoms with Crippen molar-refractivity contribution in [2.24, 2.45) is 4.99 Å². The summed E-state index contributed by atoms with van der Waals surface area (Å²) in [5, 5.41) is 0. The second kappa shape index (κ2) is 13.5. The fourth-order valence-electron chi connectivity index (χ4n) is 7.06.